The molecule has 4 heteroatoms. The molecule has 1 amide bonds. The first-order valence-electron chi connectivity index (χ1n) is 10.0. The first kappa shape index (κ1) is 18.7. The van der Waals surface area contributed by atoms with Crippen LogP contribution in [0.4, 0.5) is 11.4 Å². The minimum atomic E-state index is -0.354. The van der Waals surface area contributed by atoms with Crippen molar-refractivity contribution in [3.05, 3.63) is 103 Å². The van der Waals surface area contributed by atoms with E-state index in [1.807, 2.05) is 60.7 Å². The zero-order valence-electron chi connectivity index (χ0n) is 16.7. The van der Waals surface area contributed by atoms with E-state index < -0.39 is 0 Å². The molecular weight excluding hydrogens is 384 g/mol. The van der Waals surface area contributed by atoms with Crippen LogP contribution in [-0.2, 0) is 0 Å². The average molecular weight is 404 g/mol. The number of carbonyl (C=O) groups excluding carboxylic acids is 1. The number of amides is 1. The standard InChI is InChI=1S/C27H20N2O2/c28-24-13-12-17-6-4-5-9-22(17)26(24)19-11-10-18-15-23(25(30)16-20(18)14-19)27(31)29-21-7-2-1-3-8-21/h1-16,30H,28H2,(H,29,31). The zero-order chi connectivity index (χ0) is 21.4. The summed E-state index contributed by atoms with van der Waals surface area (Å²) in [5.74, 6) is -0.419. The van der Waals surface area contributed by atoms with Gasteiger partial charge in [-0.25, -0.2) is 0 Å². The molecule has 0 unspecified atom stereocenters. The van der Waals surface area contributed by atoms with Gasteiger partial charge in [0.1, 0.15) is 5.75 Å². The number of benzene rings is 5. The molecule has 0 saturated carbocycles. The quantitative estimate of drug-likeness (QED) is 0.313. The SMILES string of the molecule is Nc1ccc2ccccc2c1-c1ccc2cc(C(=O)Nc3ccccc3)c(O)cc2c1. The number of phenolic OH excluding ortho intramolecular Hbond substituents is 1. The van der Waals surface area contributed by atoms with Crippen molar-refractivity contribution in [2.75, 3.05) is 11.1 Å². The van der Waals surface area contributed by atoms with Gasteiger partial charge in [-0.05, 0) is 63.5 Å². The smallest absolute Gasteiger partial charge is 0.259 e. The van der Waals surface area contributed by atoms with E-state index >= 15 is 0 Å². The average Bonchev–Trinajstić information content (AvgIpc) is 2.79. The van der Waals surface area contributed by atoms with E-state index in [9.17, 15) is 9.90 Å². The van der Waals surface area contributed by atoms with Crippen LogP contribution in [0.5, 0.6) is 5.75 Å². The van der Waals surface area contributed by atoms with Gasteiger partial charge in [0.25, 0.3) is 5.91 Å². The van der Waals surface area contributed by atoms with Crippen molar-refractivity contribution < 1.29 is 9.90 Å². The summed E-state index contributed by atoms with van der Waals surface area (Å²) in [7, 11) is 0. The lowest BCUT2D eigenvalue weighted by Crippen LogP contribution is -2.12. The van der Waals surface area contributed by atoms with Crippen molar-refractivity contribution in [1.82, 2.24) is 0 Å². The first-order valence-corrected chi connectivity index (χ1v) is 10.0. The maximum Gasteiger partial charge on any atom is 0.259 e. The Kier molecular flexibility index (Phi) is 4.53. The fourth-order valence-electron chi connectivity index (χ4n) is 3.95. The molecule has 0 fully saturated rings. The molecule has 150 valence electrons. The normalized spacial score (nSPS) is 11.0. The Balaban J connectivity index is 1.57. The Hall–Kier alpha value is -4.31. The summed E-state index contributed by atoms with van der Waals surface area (Å²) < 4.78 is 0. The van der Waals surface area contributed by atoms with E-state index in [4.69, 9.17) is 5.73 Å². The number of anilines is 2. The van der Waals surface area contributed by atoms with Gasteiger partial charge < -0.3 is 16.2 Å². The van der Waals surface area contributed by atoms with E-state index in [0.717, 1.165) is 32.7 Å². The van der Waals surface area contributed by atoms with Crippen LogP contribution in [0.1, 0.15) is 10.4 Å². The highest BCUT2D eigenvalue weighted by Crippen LogP contribution is 2.36. The molecular formula is C27H20N2O2. The second kappa shape index (κ2) is 7.50. The van der Waals surface area contributed by atoms with Gasteiger partial charge in [0.2, 0.25) is 0 Å². The Morgan fingerprint density at radius 2 is 1.48 bits per heavy atom. The Bertz CT molecular complexity index is 1440. The number of fused-ring (bicyclic) bond motifs is 2. The van der Waals surface area contributed by atoms with Gasteiger partial charge in [-0.3, -0.25) is 4.79 Å². The molecule has 0 heterocycles. The number of aromatic hydroxyl groups is 1. The molecule has 5 rings (SSSR count). The number of nitrogen functional groups attached to an aromatic ring is 1. The van der Waals surface area contributed by atoms with Crippen molar-refractivity contribution in [2.45, 2.75) is 0 Å². The summed E-state index contributed by atoms with van der Waals surface area (Å²) in [6, 6.07) is 30.5. The molecule has 0 radical (unpaired) electrons. The van der Waals surface area contributed by atoms with Gasteiger partial charge >= 0.3 is 0 Å². The Morgan fingerprint density at radius 3 is 2.32 bits per heavy atom. The monoisotopic (exact) mass is 404 g/mol. The van der Waals surface area contributed by atoms with Crippen LogP contribution in [0.25, 0.3) is 32.7 Å². The summed E-state index contributed by atoms with van der Waals surface area (Å²) in [4.78, 5) is 12.7. The van der Waals surface area contributed by atoms with E-state index in [0.29, 0.717) is 11.4 Å². The van der Waals surface area contributed by atoms with Gasteiger partial charge in [-0.1, -0.05) is 60.7 Å². The number of para-hydroxylation sites is 1. The minimum absolute atomic E-state index is 0.0658. The molecule has 0 aromatic heterocycles. The fraction of sp³-hybridized carbons (Fsp3) is 0. The van der Waals surface area contributed by atoms with E-state index in [1.54, 1.807) is 24.3 Å². The van der Waals surface area contributed by atoms with Gasteiger partial charge in [0, 0.05) is 16.9 Å². The Morgan fingerprint density at radius 1 is 0.742 bits per heavy atom. The number of rotatable bonds is 3. The van der Waals surface area contributed by atoms with Crippen molar-refractivity contribution in [1.29, 1.82) is 0 Å². The largest absolute Gasteiger partial charge is 0.507 e. The highest BCUT2D eigenvalue weighted by atomic mass is 16.3. The summed E-state index contributed by atoms with van der Waals surface area (Å²) in [5.41, 5.74) is 9.85. The number of hydrogen-bond acceptors (Lipinski definition) is 3. The van der Waals surface area contributed by atoms with Gasteiger partial charge in [0.05, 0.1) is 5.56 Å². The lowest BCUT2D eigenvalue weighted by Gasteiger charge is -2.13. The molecule has 0 saturated heterocycles. The molecule has 5 aromatic rings. The number of hydrogen-bond donors (Lipinski definition) is 3. The van der Waals surface area contributed by atoms with E-state index in [1.165, 1.54) is 0 Å². The fourth-order valence-corrected chi connectivity index (χ4v) is 3.95. The highest BCUT2D eigenvalue weighted by Gasteiger charge is 2.14. The van der Waals surface area contributed by atoms with Gasteiger partial charge in [-0.2, -0.15) is 0 Å². The predicted octanol–water partition coefficient (Wildman–Crippen LogP) is 6.20. The van der Waals surface area contributed by atoms with Gasteiger partial charge in [0.15, 0.2) is 0 Å². The van der Waals surface area contributed by atoms with Crippen molar-refractivity contribution in [2.24, 2.45) is 0 Å². The maximum absolute atomic E-state index is 12.7. The minimum Gasteiger partial charge on any atom is -0.507 e. The van der Waals surface area contributed by atoms with E-state index in [-0.39, 0.29) is 17.2 Å². The lowest BCUT2D eigenvalue weighted by atomic mass is 9.94. The summed E-state index contributed by atoms with van der Waals surface area (Å²) in [6.45, 7) is 0. The van der Waals surface area contributed by atoms with E-state index in [2.05, 4.69) is 17.4 Å². The van der Waals surface area contributed by atoms with Crippen LogP contribution < -0.4 is 11.1 Å². The summed E-state index contributed by atoms with van der Waals surface area (Å²) >= 11 is 0. The molecule has 4 nitrogen and oxygen atoms in total. The summed E-state index contributed by atoms with van der Waals surface area (Å²) in [5, 5.41) is 17.3. The van der Waals surface area contributed by atoms with Crippen LogP contribution in [0, 0.1) is 0 Å². The topological polar surface area (TPSA) is 75.4 Å². The lowest BCUT2D eigenvalue weighted by molar-refractivity contribution is 0.102. The third kappa shape index (κ3) is 3.45. The maximum atomic E-state index is 12.7. The first-order chi connectivity index (χ1) is 15.1. The van der Waals surface area contributed by atoms with Crippen molar-refractivity contribution in [3.8, 4) is 16.9 Å². The third-order valence-electron chi connectivity index (χ3n) is 5.48. The Labute approximate surface area is 179 Å². The number of nitrogens with one attached hydrogen (secondary N) is 1. The van der Waals surface area contributed by atoms with Gasteiger partial charge in [-0.15, -0.1) is 0 Å². The number of phenols is 1. The molecule has 0 bridgehead atoms. The van der Waals surface area contributed by atoms with Crippen LogP contribution in [0.15, 0.2) is 97.1 Å². The second-order valence-corrected chi connectivity index (χ2v) is 7.50. The molecule has 5 aromatic carbocycles. The summed E-state index contributed by atoms with van der Waals surface area (Å²) in [6.07, 6.45) is 0. The zero-order valence-corrected chi connectivity index (χ0v) is 16.7. The molecule has 0 aliphatic rings. The van der Waals surface area contributed by atoms with Crippen LogP contribution in [0.2, 0.25) is 0 Å². The molecule has 0 spiro atoms. The molecule has 31 heavy (non-hydrogen) atoms. The van der Waals surface area contributed by atoms with Crippen LogP contribution in [0.3, 0.4) is 0 Å². The molecule has 0 aliphatic heterocycles. The van der Waals surface area contributed by atoms with Crippen molar-refractivity contribution >= 4 is 38.8 Å². The van der Waals surface area contributed by atoms with Crippen molar-refractivity contribution in [3.63, 3.8) is 0 Å². The highest BCUT2D eigenvalue weighted by molar-refractivity contribution is 6.09. The third-order valence-corrected chi connectivity index (χ3v) is 5.48. The number of carbonyl (C=O) groups is 1. The molecule has 0 atom stereocenters. The number of nitrogens with two attached hydrogens (primary N) is 1. The predicted molar refractivity (Wildman–Crippen MR) is 127 cm³/mol. The van der Waals surface area contributed by atoms with Crippen LogP contribution in [-0.4, -0.2) is 11.0 Å². The molecule has 4 N–H and O–H groups in total. The molecule has 0 aliphatic carbocycles. The van der Waals surface area contributed by atoms with Crippen LogP contribution >= 0.6 is 0 Å². The second-order valence-electron chi connectivity index (χ2n) is 7.50.